The molecule has 0 aliphatic rings. The van der Waals surface area contributed by atoms with Crippen molar-refractivity contribution >= 4 is 11.9 Å². The van der Waals surface area contributed by atoms with Crippen LogP contribution in [0, 0.1) is 0 Å². The van der Waals surface area contributed by atoms with Crippen LogP contribution in [0.5, 0.6) is 0 Å². The van der Waals surface area contributed by atoms with E-state index in [4.69, 9.17) is 10.2 Å². The van der Waals surface area contributed by atoms with E-state index in [2.05, 4.69) is 0 Å². The van der Waals surface area contributed by atoms with Gasteiger partial charge in [-0.1, -0.05) is 5.57 Å². The molecule has 0 rings (SSSR count). The third-order valence-electron chi connectivity index (χ3n) is 0.800. The fourth-order valence-electron chi connectivity index (χ4n) is 0.500. The maximum Gasteiger partial charge on any atom is 0.328 e. The molecular weight excluding hydrogens is 139 g/mol. The summed E-state index contributed by atoms with van der Waals surface area (Å²) in [5.41, 5.74) is 0.333. The summed E-state index contributed by atoms with van der Waals surface area (Å²) >= 11 is 0. The average Bonchev–Trinajstić information content (AvgIpc) is 1.58. The van der Waals surface area contributed by atoms with Crippen molar-refractivity contribution in [3.63, 3.8) is 0 Å². The van der Waals surface area contributed by atoms with Crippen molar-refractivity contribution in [1.29, 1.82) is 0 Å². The highest BCUT2D eigenvalue weighted by molar-refractivity contribution is 5.82. The summed E-state index contributed by atoms with van der Waals surface area (Å²) in [4.78, 5) is 19.9. The molecular formula is C6H8O4. The van der Waals surface area contributed by atoms with Gasteiger partial charge in [0, 0.05) is 6.08 Å². The highest BCUT2D eigenvalue weighted by Gasteiger charge is 1.99. The van der Waals surface area contributed by atoms with Crippen LogP contribution in [0.2, 0.25) is 0 Å². The molecule has 0 aromatic heterocycles. The highest BCUT2D eigenvalue weighted by Crippen LogP contribution is 1.97. The largest absolute Gasteiger partial charge is 0.481 e. The summed E-state index contributed by atoms with van der Waals surface area (Å²) in [5, 5.41) is 16.3. The first-order valence-electron chi connectivity index (χ1n) is 2.64. The lowest BCUT2D eigenvalue weighted by Crippen LogP contribution is -1.97. The number of hydrogen-bond donors (Lipinski definition) is 2. The Morgan fingerprint density at radius 2 is 1.90 bits per heavy atom. The Morgan fingerprint density at radius 1 is 1.40 bits per heavy atom. The maximum absolute atomic E-state index is 9.96. The van der Waals surface area contributed by atoms with Gasteiger partial charge in [-0.3, -0.25) is 4.79 Å². The Hall–Kier alpha value is -1.32. The molecule has 10 heavy (non-hydrogen) atoms. The van der Waals surface area contributed by atoms with Gasteiger partial charge in [0.25, 0.3) is 0 Å². The van der Waals surface area contributed by atoms with Crippen molar-refractivity contribution in [2.24, 2.45) is 0 Å². The first-order valence-corrected chi connectivity index (χ1v) is 2.64. The zero-order valence-electron chi connectivity index (χ0n) is 5.50. The van der Waals surface area contributed by atoms with Crippen molar-refractivity contribution in [3.8, 4) is 0 Å². The van der Waals surface area contributed by atoms with Crippen molar-refractivity contribution in [3.05, 3.63) is 11.6 Å². The van der Waals surface area contributed by atoms with E-state index in [1.807, 2.05) is 0 Å². The zero-order valence-corrected chi connectivity index (χ0v) is 5.50. The quantitative estimate of drug-likeness (QED) is 0.450. The Balaban J connectivity index is 3.95. The molecule has 0 heterocycles. The van der Waals surface area contributed by atoms with E-state index in [1.54, 1.807) is 0 Å². The number of rotatable bonds is 3. The molecule has 0 saturated heterocycles. The first-order chi connectivity index (χ1) is 4.52. The van der Waals surface area contributed by atoms with E-state index in [-0.39, 0.29) is 6.42 Å². The number of carbonyl (C=O) groups is 2. The van der Waals surface area contributed by atoms with Gasteiger partial charge in [-0.2, -0.15) is 0 Å². The fourth-order valence-corrected chi connectivity index (χ4v) is 0.500. The van der Waals surface area contributed by atoms with Crippen LogP contribution in [0.1, 0.15) is 13.3 Å². The minimum Gasteiger partial charge on any atom is -0.481 e. The predicted molar refractivity (Wildman–Crippen MR) is 33.6 cm³/mol. The Bertz CT molecular complexity index is 180. The van der Waals surface area contributed by atoms with Gasteiger partial charge in [0.05, 0.1) is 6.42 Å². The predicted octanol–water partition coefficient (Wildman–Crippen LogP) is 0.492. The Morgan fingerprint density at radius 3 is 2.20 bits per heavy atom. The second kappa shape index (κ2) is 3.66. The Labute approximate surface area is 57.8 Å². The smallest absolute Gasteiger partial charge is 0.328 e. The van der Waals surface area contributed by atoms with Crippen LogP contribution in [-0.4, -0.2) is 22.2 Å². The second-order valence-corrected chi connectivity index (χ2v) is 1.90. The van der Waals surface area contributed by atoms with E-state index in [0.717, 1.165) is 6.08 Å². The summed E-state index contributed by atoms with van der Waals surface area (Å²) in [7, 11) is 0. The van der Waals surface area contributed by atoms with E-state index >= 15 is 0 Å². The van der Waals surface area contributed by atoms with Crippen molar-refractivity contribution in [2.75, 3.05) is 0 Å². The molecule has 0 radical (unpaired) electrons. The van der Waals surface area contributed by atoms with Gasteiger partial charge in [-0.15, -0.1) is 0 Å². The van der Waals surface area contributed by atoms with Crippen molar-refractivity contribution in [2.45, 2.75) is 13.3 Å². The Kier molecular flexibility index (Phi) is 3.17. The molecule has 0 saturated carbocycles. The molecule has 0 unspecified atom stereocenters. The van der Waals surface area contributed by atoms with E-state index < -0.39 is 11.9 Å². The summed E-state index contributed by atoms with van der Waals surface area (Å²) in [5.74, 6) is -2.13. The SMILES string of the molecule is [13CH3]/C(=[13CH]\C(=O)O)[13CH2]C(=O)O. The normalized spacial score (nSPS) is 11.1. The molecule has 0 aromatic carbocycles. The number of hydrogen-bond acceptors (Lipinski definition) is 2. The van der Waals surface area contributed by atoms with E-state index in [1.165, 1.54) is 6.92 Å². The van der Waals surface area contributed by atoms with Gasteiger partial charge in [0.15, 0.2) is 0 Å². The molecule has 4 heteroatoms. The minimum atomic E-state index is -1.11. The van der Waals surface area contributed by atoms with E-state index in [9.17, 15) is 9.59 Å². The van der Waals surface area contributed by atoms with Crippen LogP contribution in [0.4, 0.5) is 0 Å². The molecule has 56 valence electrons. The highest BCUT2D eigenvalue weighted by atomic mass is 16.4. The lowest BCUT2D eigenvalue weighted by Gasteiger charge is -1.91. The van der Waals surface area contributed by atoms with Crippen molar-refractivity contribution in [1.82, 2.24) is 0 Å². The van der Waals surface area contributed by atoms with Gasteiger partial charge in [0.2, 0.25) is 0 Å². The molecule has 0 atom stereocenters. The average molecular weight is 147 g/mol. The molecule has 0 bridgehead atoms. The van der Waals surface area contributed by atoms with Crippen LogP contribution in [0.25, 0.3) is 0 Å². The molecule has 0 fully saturated rings. The fraction of sp³-hybridized carbons (Fsp3) is 0.333. The summed E-state index contributed by atoms with van der Waals surface area (Å²) < 4.78 is 0. The third-order valence-corrected chi connectivity index (χ3v) is 0.800. The third kappa shape index (κ3) is 4.83. The van der Waals surface area contributed by atoms with Crippen LogP contribution in [0.3, 0.4) is 0 Å². The molecule has 4 nitrogen and oxygen atoms in total. The van der Waals surface area contributed by atoms with Gasteiger partial charge >= 0.3 is 11.9 Å². The standard InChI is InChI=1S/C6H8O4/c1-4(2-5(7)8)3-6(9)10/h2H,3H2,1H3,(H,7,8)(H,9,10)/b4-2+/i1+1,2+1,3+1. The number of carboxylic acid groups (broad SMARTS) is 2. The summed E-state index contributed by atoms with van der Waals surface area (Å²) in [6.45, 7) is 1.46. The number of aliphatic carboxylic acids is 2. The van der Waals surface area contributed by atoms with Crippen LogP contribution >= 0.6 is 0 Å². The van der Waals surface area contributed by atoms with Gasteiger partial charge in [0.1, 0.15) is 0 Å². The second-order valence-electron chi connectivity index (χ2n) is 1.90. The lowest BCUT2D eigenvalue weighted by molar-refractivity contribution is -0.136. The minimum absolute atomic E-state index is 0.216. The van der Waals surface area contributed by atoms with Crippen LogP contribution in [-0.2, 0) is 9.59 Å². The van der Waals surface area contributed by atoms with Crippen molar-refractivity contribution < 1.29 is 19.8 Å². The molecule has 0 amide bonds. The molecule has 0 spiro atoms. The molecule has 0 aliphatic carbocycles. The summed E-state index contributed by atoms with van der Waals surface area (Å²) in [6, 6.07) is 0. The molecule has 0 aliphatic heterocycles. The van der Waals surface area contributed by atoms with Crippen LogP contribution < -0.4 is 0 Å². The molecule has 2 N–H and O–H groups in total. The van der Waals surface area contributed by atoms with Gasteiger partial charge < -0.3 is 10.2 Å². The van der Waals surface area contributed by atoms with Gasteiger partial charge in [-0.05, 0) is 6.92 Å². The summed E-state index contributed by atoms with van der Waals surface area (Å²) in [6.07, 6.45) is 0.667. The monoisotopic (exact) mass is 147 g/mol. The van der Waals surface area contributed by atoms with E-state index in [0.29, 0.717) is 5.57 Å². The molecule has 0 aromatic rings. The number of carboxylic acids is 2. The van der Waals surface area contributed by atoms with Gasteiger partial charge in [-0.25, -0.2) is 4.79 Å². The topological polar surface area (TPSA) is 74.6 Å². The van der Waals surface area contributed by atoms with Crippen LogP contribution in [0.15, 0.2) is 11.6 Å². The maximum atomic E-state index is 9.96. The zero-order chi connectivity index (χ0) is 8.15. The first kappa shape index (κ1) is 8.68. The lowest BCUT2D eigenvalue weighted by atomic mass is 10.6.